The number of fused-ring (bicyclic) bond motifs is 18. The lowest BCUT2D eigenvalue weighted by molar-refractivity contribution is 0.426. The number of hydrogen-bond acceptors (Lipinski definition) is 7. The van der Waals surface area contributed by atoms with Crippen LogP contribution in [0.25, 0.3) is 200 Å². The van der Waals surface area contributed by atoms with Crippen molar-refractivity contribution in [2.75, 3.05) is 0 Å². The molecule has 6 aromatic heterocycles. The lowest BCUT2D eigenvalue weighted by Gasteiger charge is -2.12. The molecule has 0 bridgehead atoms. The number of halogens is 4. The molecule has 24 aromatic rings. The third-order valence-corrected chi connectivity index (χ3v) is 29.6. The third kappa shape index (κ3) is 17.9. The first kappa shape index (κ1) is 88.1. The number of rotatable bonds is 10. The molecular weight excluding hydrogens is 2040 g/mol. The highest BCUT2D eigenvalue weighted by atomic mass is 127. The summed E-state index contributed by atoms with van der Waals surface area (Å²) in [6, 6.07) is 159. The molecule has 26 rings (SSSR count). The van der Waals surface area contributed by atoms with Gasteiger partial charge in [0, 0.05) is 103 Å². The quantitative estimate of drug-likeness (QED) is 0.106. The maximum atomic E-state index is 9.31. The first-order valence-electron chi connectivity index (χ1n) is 43.9. The van der Waals surface area contributed by atoms with Crippen molar-refractivity contribution in [2.45, 2.75) is 12.8 Å². The predicted molar refractivity (Wildman–Crippen MR) is 597 cm³/mol. The molecule has 18 aromatic carbocycles. The van der Waals surface area contributed by atoms with E-state index >= 15 is 0 Å². The van der Waals surface area contributed by atoms with Gasteiger partial charge < -0.3 is 14.6 Å². The molecule has 0 amide bonds. The molecule has 0 radical (unpaired) electrons. The highest BCUT2D eigenvalue weighted by molar-refractivity contribution is 14.0. The molecule has 133 heavy (non-hydrogen) atoms. The third-order valence-electron chi connectivity index (χ3n) is 24.9. The van der Waals surface area contributed by atoms with Crippen molar-refractivity contribution < 1.29 is 10.0 Å². The van der Waals surface area contributed by atoms with Crippen LogP contribution in [0.5, 0.6) is 0 Å². The fourth-order valence-electron chi connectivity index (χ4n) is 18.6. The van der Waals surface area contributed by atoms with Crippen molar-refractivity contribution in [1.82, 2.24) is 14.5 Å². The molecule has 0 unspecified atom stereocenters. The summed E-state index contributed by atoms with van der Waals surface area (Å²) in [4.78, 5) is 10.1. The van der Waals surface area contributed by atoms with Crippen LogP contribution in [-0.4, -0.2) is 31.7 Å². The fraction of sp³-hybridized carbons (Fsp3) is 0.0167. The monoisotopic (exact) mass is 2120 g/mol. The Morgan fingerprint density at radius 1 is 0.233 bits per heavy atom. The largest absolute Gasteiger partial charge is 0.489 e. The second kappa shape index (κ2) is 39.1. The molecule has 0 aliphatic heterocycles. The predicted octanol–water partition coefficient (Wildman–Crippen LogP) is 34.3. The molecule has 638 valence electrons. The second-order valence-corrected chi connectivity index (χ2v) is 37.9. The Morgan fingerprint density at radius 2 is 0.571 bits per heavy atom. The van der Waals surface area contributed by atoms with Gasteiger partial charge in [0.1, 0.15) is 0 Å². The zero-order valence-electron chi connectivity index (χ0n) is 71.7. The Labute approximate surface area is 835 Å². The summed E-state index contributed by atoms with van der Waals surface area (Å²) in [5.41, 5.74) is 33.7. The minimum absolute atomic E-state index is 0. The minimum Gasteiger partial charge on any atom is -0.423 e. The van der Waals surface area contributed by atoms with Crippen LogP contribution in [0.3, 0.4) is 0 Å². The highest BCUT2D eigenvalue weighted by Crippen LogP contribution is 2.47. The second-order valence-electron chi connectivity index (χ2n) is 33.0. The van der Waals surface area contributed by atoms with Gasteiger partial charge in [-0.3, -0.25) is 0 Å². The van der Waals surface area contributed by atoms with Gasteiger partial charge in [0.05, 0.1) is 33.8 Å². The van der Waals surface area contributed by atoms with E-state index in [1.807, 2.05) is 95.5 Å². The van der Waals surface area contributed by atoms with E-state index in [4.69, 9.17) is 9.97 Å². The van der Waals surface area contributed by atoms with Gasteiger partial charge in [0.2, 0.25) is 0 Å². The number of thiophene rings is 3. The maximum absolute atomic E-state index is 9.31. The smallest absolute Gasteiger partial charge is 0.423 e. The molecular formula is C120H82BBr2I2N3O2S3. The van der Waals surface area contributed by atoms with E-state index in [2.05, 4.69) is 406 Å². The first-order chi connectivity index (χ1) is 64.6. The Morgan fingerprint density at radius 3 is 1.07 bits per heavy atom. The van der Waals surface area contributed by atoms with Crippen LogP contribution in [0, 0.1) is 0 Å². The van der Waals surface area contributed by atoms with Gasteiger partial charge in [-0.1, -0.05) is 378 Å². The molecule has 2 aliphatic rings. The van der Waals surface area contributed by atoms with E-state index in [0.29, 0.717) is 5.46 Å². The van der Waals surface area contributed by atoms with Gasteiger partial charge in [-0.05, 0) is 216 Å². The van der Waals surface area contributed by atoms with E-state index in [1.165, 1.54) is 156 Å². The van der Waals surface area contributed by atoms with Crippen LogP contribution in [0.4, 0.5) is 0 Å². The number of hydrogen-bond donors (Lipinski definition) is 2. The normalized spacial score (nSPS) is 11.4. The van der Waals surface area contributed by atoms with Gasteiger partial charge in [-0.15, -0.1) is 82.0 Å². The molecule has 2 aliphatic carbocycles. The Bertz CT molecular complexity index is 8300. The number of benzene rings is 18. The summed E-state index contributed by atoms with van der Waals surface area (Å²) in [5, 5.41) is 28.8. The van der Waals surface area contributed by atoms with Crippen molar-refractivity contribution >= 4 is 209 Å². The van der Waals surface area contributed by atoms with Crippen LogP contribution < -0.4 is 5.46 Å². The zero-order valence-corrected chi connectivity index (χ0v) is 82.0. The summed E-state index contributed by atoms with van der Waals surface area (Å²) in [6.07, 6.45) is 2.14. The molecule has 5 nitrogen and oxygen atoms in total. The van der Waals surface area contributed by atoms with Crippen molar-refractivity contribution in [1.29, 1.82) is 0 Å². The number of aromatic nitrogens is 3. The number of para-hydroxylation sites is 1. The first-order valence-corrected chi connectivity index (χ1v) is 47.9. The van der Waals surface area contributed by atoms with Crippen LogP contribution in [-0.2, 0) is 12.8 Å². The molecule has 2 N–H and O–H groups in total. The summed E-state index contributed by atoms with van der Waals surface area (Å²) < 4.78 is 12.2. The summed E-state index contributed by atoms with van der Waals surface area (Å²) in [6.45, 7) is 0. The van der Waals surface area contributed by atoms with Crippen molar-refractivity contribution in [3.8, 4) is 117 Å². The standard InChI is InChI=1S/C47H30N2S.C25H16S.C23H16BrN.C13H9Br.C12H9BO2S.2HI/c1-3-12-31(13-4-1)35-29-42(32-14-5-2-6-15-32)48-43(30-35)33-22-25-36(26-23-33)49-44-20-9-7-16-38(44)41-28-34(24-27-45(41)49)37-18-11-19-40-39-17-8-10-21-46(39)50-47(37)40;1-2-7-19-16(6-1)14-17-12-13-18(15-23(17)19)20-9-5-10-22-21-8-3-4-11-24(21)26-25(20)22;24-21-13-11-19(12-14-21)23-16-20(17-7-3-1-4-8-17)15-22(25-23)18-9-5-2-6-10-18;14-11-6-5-10-7-9-3-1-2-4-12(9)13(10)8-11;14-13(15)10-6-3-5-9-8-4-1-2-7-11(8)16-12(9)10;;/h1-30H;1-13,15H,14H2;1-16H;1-6,8H,7H2;1-7,14-15H;2*1H. The van der Waals surface area contributed by atoms with Gasteiger partial charge in [-0.2, -0.15) is 0 Å². The average molecular weight is 2120 g/mol. The number of nitrogens with zero attached hydrogens (tertiary/aromatic N) is 3. The fourth-order valence-corrected chi connectivity index (χ4v) is 22.9. The van der Waals surface area contributed by atoms with E-state index in [9.17, 15) is 10.0 Å². The lowest BCUT2D eigenvalue weighted by Crippen LogP contribution is -2.29. The van der Waals surface area contributed by atoms with Gasteiger partial charge in [0.25, 0.3) is 0 Å². The lowest BCUT2D eigenvalue weighted by atomic mass is 9.80. The van der Waals surface area contributed by atoms with Crippen LogP contribution in [0.2, 0.25) is 0 Å². The molecule has 0 saturated heterocycles. The van der Waals surface area contributed by atoms with E-state index in [0.717, 1.165) is 88.2 Å². The average Bonchev–Trinajstić information content (AvgIpc) is 1.59. The topological polar surface area (TPSA) is 71.2 Å². The van der Waals surface area contributed by atoms with Crippen molar-refractivity contribution in [3.05, 3.63) is 480 Å². The SMILES string of the molecule is Brc1ccc(-c2cc(-c3ccccc3)cc(-c3ccccc3)n2)cc1.Brc1ccc2c(c1)-c1ccccc1C2.I.I.OB(O)c1cccc2c1sc1ccccc12.c1ccc(-c2cc(-c3ccccc3)nc(-c3ccc(-n4c5ccccc5c5cc(-c6cccc7c6sc6ccccc67)ccc54)cc3)c2)cc1.c1ccc2c(c1)Cc1ccc(-c3cccc4c3sc3ccccc34)cc1-2. The molecule has 0 spiro atoms. The molecule has 6 heterocycles. The van der Waals surface area contributed by atoms with Gasteiger partial charge in [-0.25, -0.2) is 9.97 Å². The van der Waals surface area contributed by atoms with Gasteiger partial charge in [0.15, 0.2) is 0 Å². The minimum atomic E-state index is -1.41. The maximum Gasteiger partial charge on any atom is 0.489 e. The number of pyridine rings is 2. The van der Waals surface area contributed by atoms with Gasteiger partial charge >= 0.3 is 7.12 Å². The van der Waals surface area contributed by atoms with Crippen molar-refractivity contribution in [3.63, 3.8) is 0 Å². The highest BCUT2D eigenvalue weighted by Gasteiger charge is 2.24. The van der Waals surface area contributed by atoms with Crippen LogP contribution in [0.15, 0.2) is 458 Å². The Kier molecular flexibility index (Phi) is 25.9. The van der Waals surface area contributed by atoms with Crippen molar-refractivity contribution in [2.24, 2.45) is 0 Å². The van der Waals surface area contributed by atoms with Crippen LogP contribution in [0.1, 0.15) is 22.3 Å². The molecule has 0 fully saturated rings. The molecule has 0 atom stereocenters. The zero-order chi connectivity index (χ0) is 87.8. The van der Waals surface area contributed by atoms with E-state index < -0.39 is 7.12 Å². The molecule has 13 heteroatoms. The summed E-state index contributed by atoms with van der Waals surface area (Å²) >= 11 is 12.4. The molecule has 0 saturated carbocycles. The van der Waals surface area contributed by atoms with E-state index in [-0.39, 0.29) is 48.0 Å². The van der Waals surface area contributed by atoms with E-state index in [1.54, 1.807) is 17.4 Å². The summed E-state index contributed by atoms with van der Waals surface area (Å²) in [5.74, 6) is 0. The summed E-state index contributed by atoms with van der Waals surface area (Å²) in [7, 11) is -1.41. The Hall–Kier alpha value is -12.9. The Balaban J connectivity index is 0.000000112. The van der Waals surface area contributed by atoms with Crippen LogP contribution >= 0.6 is 114 Å².